The molecule has 2 N–H and O–H groups in total. The second-order valence-corrected chi connectivity index (χ2v) is 2.33. The van der Waals surface area contributed by atoms with Gasteiger partial charge in [-0.15, -0.1) is 0 Å². The fraction of sp³-hybridized carbons (Fsp3) is 0.625. The van der Waals surface area contributed by atoms with Crippen LogP contribution in [0.4, 0.5) is 0 Å². The molecule has 0 aromatic heterocycles. The van der Waals surface area contributed by atoms with Gasteiger partial charge >= 0.3 is 0 Å². The van der Waals surface area contributed by atoms with E-state index in [4.69, 9.17) is 10.5 Å². The molecular formula is C8H15NO2. The van der Waals surface area contributed by atoms with Crippen LogP contribution in [0.1, 0.15) is 20.3 Å². The molecule has 0 saturated heterocycles. The third kappa shape index (κ3) is 5.61. The molecule has 64 valence electrons. The number of hydrogen-bond donors (Lipinski definition) is 1. The molecule has 0 heterocycles. The zero-order valence-electron chi connectivity index (χ0n) is 7.09. The van der Waals surface area contributed by atoms with Crippen LogP contribution < -0.4 is 5.73 Å². The normalized spacial score (nSPS) is 11.6. The largest absolute Gasteiger partial charge is 0.377 e. The average molecular weight is 157 g/mol. The maximum absolute atomic E-state index is 10.5. The van der Waals surface area contributed by atoms with Gasteiger partial charge in [0.2, 0.25) is 5.91 Å². The van der Waals surface area contributed by atoms with E-state index in [1.807, 2.05) is 6.92 Å². The van der Waals surface area contributed by atoms with Crippen LogP contribution in [-0.2, 0) is 9.53 Å². The molecule has 0 bridgehead atoms. The van der Waals surface area contributed by atoms with Crippen LogP contribution in [0.15, 0.2) is 11.6 Å². The van der Waals surface area contributed by atoms with Gasteiger partial charge in [-0.3, -0.25) is 4.79 Å². The van der Waals surface area contributed by atoms with E-state index in [1.165, 1.54) is 0 Å². The van der Waals surface area contributed by atoms with Crippen molar-refractivity contribution in [2.45, 2.75) is 20.3 Å². The SMILES string of the molecule is CCCOC/C=C(\C)C(N)=O. The van der Waals surface area contributed by atoms with Gasteiger partial charge in [0.25, 0.3) is 0 Å². The lowest BCUT2D eigenvalue weighted by molar-refractivity contribution is -0.114. The minimum Gasteiger partial charge on any atom is -0.377 e. The molecule has 0 atom stereocenters. The van der Waals surface area contributed by atoms with Crippen molar-refractivity contribution in [3.8, 4) is 0 Å². The first-order valence-electron chi connectivity index (χ1n) is 3.72. The number of ether oxygens (including phenoxy) is 1. The van der Waals surface area contributed by atoms with E-state index in [0.29, 0.717) is 12.2 Å². The lowest BCUT2D eigenvalue weighted by atomic mass is 10.3. The highest BCUT2D eigenvalue weighted by Crippen LogP contribution is 1.90. The lowest BCUT2D eigenvalue weighted by Gasteiger charge is -1.97. The Hall–Kier alpha value is -0.830. The highest BCUT2D eigenvalue weighted by molar-refractivity contribution is 5.91. The molecule has 11 heavy (non-hydrogen) atoms. The average Bonchev–Trinajstić information content (AvgIpc) is 1.97. The Balaban J connectivity index is 3.48. The second-order valence-electron chi connectivity index (χ2n) is 2.33. The Labute approximate surface area is 67.2 Å². The summed E-state index contributed by atoms with van der Waals surface area (Å²) < 4.78 is 5.12. The summed E-state index contributed by atoms with van der Waals surface area (Å²) in [4.78, 5) is 10.5. The van der Waals surface area contributed by atoms with E-state index < -0.39 is 0 Å². The van der Waals surface area contributed by atoms with E-state index in [2.05, 4.69) is 0 Å². The summed E-state index contributed by atoms with van der Waals surface area (Å²) in [5, 5.41) is 0. The van der Waals surface area contributed by atoms with Crippen molar-refractivity contribution in [1.29, 1.82) is 0 Å². The van der Waals surface area contributed by atoms with Crippen LogP contribution in [0.2, 0.25) is 0 Å². The smallest absolute Gasteiger partial charge is 0.244 e. The van der Waals surface area contributed by atoms with Crippen molar-refractivity contribution in [3.63, 3.8) is 0 Å². The van der Waals surface area contributed by atoms with Gasteiger partial charge in [-0.05, 0) is 13.3 Å². The van der Waals surface area contributed by atoms with Crippen LogP contribution in [-0.4, -0.2) is 19.1 Å². The molecule has 0 aromatic carbocycles. The fourth-order valence-electron chi connectivity index (χ4n) is 0.512. The number of primary amides is 1. The molecule has 0 unspecified atom stereocenters. The molecule has 0 aliphatic heterocycles. The standard InChI is InChI=1S/C8H15NO2/c1-3-5-11-6-4-7(2)8(9)10/h4H,3,5-6H2,1-2H3,(H2,9,10)/b7-4+. The summed E-state index contributed by atoms with van der Waals surface area (Å²) in [6.07, 6.45) is 2.68. The van der Waals surface area contributed by atoms with E-state index >= 15 is 0 Å². The predicted molar refractivity (Wildman–Crippen MR) is 44.1 cm³/mol. The Morgan fingerprint density at radius 2 is 2.27 bits per heavy atom. The molecule has 0 radical (unpaired) electrons. The predicted octanol–water partition coefficient (Wildman–Crippen LogP) is 0.845. The molecule has 0 rings (SSSR count). The summed E-state index contributed by atoms with van der Waals surface area (Å²) in [6, 6.07) is 0. The number of nitrogens with two attached hydrogens (primary N) is 1. The van der Waals surface area contributed by atoms with Crippen molar-refractivity contribution in [1.82, 2.24) is 0 Å². The van der Waals surface area contributed by atoms with Crippen molar-refractivity contribution >= 4 is 5.91 Å². The van der Waals surface area contributed by atoms with Crippen LogP contribution in [0.5, 0.6) is 0 Å². The molecular weight excluding hydrogens is 142 g/mol. The molecule has 0 aliphatic carbocycles. The summed E-state index contributed by atoms with van der Waals surface area (Å²) in [7, 11) is 0. The van der Waals surface area contributed by atoms with Gasteiger partial charge in [0.15, 0.2) is 0 Å². The first kappa shape index (κ1) is 10.2. The van der Waals surface area contributed by atoms with Crippen molar-refractivity contribution < 1.29 is 9.53 Å². The maximum Gasteiger partial charge on any atom is 0.244 e. The summed E-state index contributed by atoms with van der Waals surface area (Å²) in [5.74, 6) is -0.384. The van der Waals surface area contributed by atoms with Gasteiger partial charge in [0.1, 0.15) is 0 Å². The number of carbonyl (C=O) groups is 1. The maximum atomic E-state index is 10.5. The van der Waals surface area contributed by atoms with Gasteiger partial charge in [0.05, 0.1) is 6.61 Å². The van der Waals surface area contributed by atoms with Gasteiger partial charge in [-0.25, -0.2) is 0 Å². The second kappa shape index (κ2) is 5.92. The topological polar surface area (TPSA) is 52.3 Å². The molecule has 0 spiro atoms. The van der Waals surface area contributed by atoms with Crippen molar-refractivity contribution in [2.75, 3.05) is 13.2 Å². The zero-order valence-corrected chi connectivity index (χ0v) is 7.09. The third-order valence-corrected chi connectivity index (χ3v) is 1.24. The third-order valence-electron chi connectivity index (χ3n) is 1.24. The number of carbonyl (C=O) groups excluding carboxylic acids is 1. The van der Waals surface area contributed by atoms with E-state index in [0.717, 1.165) is 13.0 Å². The Bertz CT molecular complexity index is 152. The van der Waals surface area contributed by atoms with Crippen molar-refractivity contribution in [3.05, 3.63) is 11.6 Å². The van der Waals surface area contributed by atoms with Crippen LogP contribution in [0, 0.1) is 0 Å². The summed E-state index contributed by atoms with van der Waals surface area (Å²) >= 11 is 0. The van der Waals surface area contributed by atoms with Gasteiger partial charge in [-0.1, -0.05) is 13.0 Å². The number of rotatable bonds is 5. The fourth-order valence-corrected chi connectivity index (χ4v) is 0.512. The number of amides is 1. The Kier molecular flexibility index (Phi) is 5.47. The molecule has 3 nitrogen and oxygen atoms in total. The number of hydrogen-bond acceptors (Lipinski definition) is 2. The minimum atomic E-state index is -0.384. The molecule has 0 saturated carbocycles. The molecule has 3 heteroatoms. The van der Waals surface area contributed by atoms with Gasteiger partial charge < -0.3 is 10.5 Å². The summed E-state index contributed by atoms with van der Waals surface area (Å²) in [6.45, 7) is 4.91. The van der Waals surface area contributed by atoms with E-state index in [1.54, 1.807) is 13.0 Å². The van der Waals surface area contributed by atoms with Crippen LogP contribution in [0.25, 0.3) is 0 Å². The van der Waals surface area contributed by atoms with E-state index in [9.17, 15) is 4.79 Å². The highest BCUT2D eigenvalue weighted by atomic mass is 16.5. The lowest BCUT2D eigenvalue weighted by Crippen LogP contribution is -2.12. The van der Waals surface area contributed by atoms with Gasteiger partial charge in [-0.2, -0.15) is 0 Å². The molecule has 1 amide bonds. The highest BCUT2D eigenvalue weighted by Gasteiger charge is 1.94. The zero-order chi connectivity index (χ0) is 8.69. The van der Waals surface area contributed by atoms with Crippen molar-refractivity contribution in [2.24, 2.45) is 5.73 Å². The quantitative estimate of drug-likeness (QED) is 0.475. The Morgan fingerprint density at radius 3 is 2.73 bits per heavy atom. The monoisotopic (exact) mass is 157 g/mol. The van der Waals surface area contributed by atoms with Crippen LogP contribution >= 0.6 is 0 Å². The van der Waals surface area contributed by atoms with Gasteiger partial charge in [0, 0.05) is 12.2 Å². The molecule has 0 aliphatic rings. The first-order chi connectivity index (χ1) is 5.18. The van der Waals surface area contributed by atoms with E-state index in [-0.39, 0.29) is 5.91 Å². The van der Waals surface area contributed by atoms with Crippen LogP contribution in [0.3, 0.4) is 0 Å². The molecule has 0 fully saturated rings. The Morgan fingerprint density at radius 1 is 1.64 bits per heavy atom. The minimum absolute atomic E-state index is 0.384. The summed E-state index contributed by atoms with van der Waals surface area (Å²) in [5.41, 5.74) is 5.54. The first-order valence-corrected chi connectivity index (χ1v) is 3.72. The molecule has 0 aromatic rings.